The number of rotatable bonds is 4. The molecule has 1 N–H and O–H groups in total. The van der Waals surface area contributed by atoms with Crippen LogP contribution in [0, 0.1) is 5.92 Å². The maximum absolute atomic E-state index is 11.9. The van der Waals surface area contributed by atoms with Gasteiger partial charge >= 0.3 is 5.97 Å². The third-order valence-corrected chi connectivity index (χ3v) is 2.70. The molecule has 0 fully saturated rings. The summed E-state index contributed by atoms with van der Waals surface area (Å²) in [6.07, 6.45) is 2.79. The van der Waals surface area contributed by atoms with Crippen LogP contribution in [-0.2, 0) is 9.53 Å². The number of aliphatic imine (C=N–C) groups is 1. The average Bonchev–Trinajstić information content (AvgIpc) is 2.31. The Morgan fingerprint density at radius 3 is 2.65 bits per heavy atom. The molecule has 0 saturated heterocycles. The molecule has 0 saturated carbocycles. The molecule has 0 aromatic rings. The zero-order valence-corrected chi connectivity index (χ0v) is 10.8. The summed E-state index contributed by atoms with van der Waals surface area (Å²) in [5.74, 6) is -0.470. The van der Waals surface area contributed by atoms with E-state index < -0.39 is 5.97 Å². The lowest BCUT2D eigenvalue weighted by Gasteiger charge is -2.17. The second-order valence-electron chi connectivity index (χ2n) is 4.42. The van der Waals surface area contributed by atoms with E-state index in [0.29, 0.717) is 12.3 Å². The Balaban J connectivity index is 3.06. The molecule has 17 heavy (non-hydrogen) atoms. The van der Waals surface area contributed by atoms with Crippen molar-refractivity contribution < 1.29 is 14.6 Å². The first-order valence-corrected chi connectivity index (χ1v) is 6.21. The number of carbonyl (C=O) groups is 1. The average molecular weight is 239 g/mol. The van der Waals surface area contributed by atoms with Gasteiger partial charge in [0.1, 0.15) is 11.3 Å². The number of hydrogen-bond acceptors (Lipinski definition) is 4. The van der Waals surface area contributed by atoms with E-state index in [0.717, 1.165) is 25.8 Å². The first-order valence-electron chi connectivity index (χ1n) is 6.21. The van der Waals surface area contributed by atoms with Crippen molar-refractivity contribution in [2.75, 3.05) is 13.2 Å². The molecule has 0 atom stereocenters. The molecule has 1 aliphatic heterocycles. The number of allylic oxidation sites excluding steroid dienone is 1. The van der Waals surface area contributed by atoms with Crippen molar-refractivity contribution in [2.24, 2.45) is 10.9 Å². The summed E-state index contributed by atoms with van der Waals surface area (Å²) in [5, 5.41) is 10.0. The van der Waals surface area contributed by atoms with Crippen LogP contribution in [-0.4, -0.2) is 29.9 Å². The van der Waals surface area contributed by atoms with Gasteiger partial charge in [0.15, 0.2) is 0 Å². The molecule has 0 unspecified atom stereocenters. The summed E-state index contributed by atoms with van der Waals surface area (Å²) in [5.41, 5.74) is 0.974. The van der Waals surface area contributed by atoms with Crippen LogP contribution in [0.15, 0.2) is 16.3 Å². The van der Waals surface area contributed by atoms with E-state index in [1.165, 1.54) is 0 Å². The number of ether oxygens (including phenoxy) is 1. The number of nitrogens with zero attached hydrogens (tertiary/aromatic N) is 1. The Bertz CT molecular complexity index is 343. The number of esters is 1. The number of carbonyl (C=O) groups excluding carboxylic acids is 1. The molecule has 1 aliphatic rings. The highest BCUT2D eigenvalue weighted by Gasteiger charge is 2.24. The first-order chi connectivity index (χ1) is 8.07. The fourth-order valence-corrected chi connectivity index (χ4v) is 1.76. The molecule has 4 nitrogen and oxygen atoms in total. The fourth-order valence-electron chi connectivity index (χ4n) is 1.76. The van der Waals surface area contributed by atoms with Crippen LogP contribution in [0.4, 0.5) is 0 Å². The van der Waals surface area contributed by atoms with Gasteiger partial charge < -0.3 is 9.84 Å². The monoisotopic (exact) mass is 239 g/mol. The molecule has 0 aliphatic carbocycles. The molecule has 0 aromatic carbocycles. The van der Waals surface area contributed by atoms with E-state index in [1.54, 1.807) is 6.92 Å². The Morgan fingerprint density at radius 2 is 2.18 bits per heavy atom. The molecule has 0 amide bonds. The van der Waals surface area contributed by atoms with Gasteiger partial charge in [0.05, 0.1) is 12.3 Å². The summed E-state index contributed by atoms with van der Waals surface area (Å²) >= 11 is 0. The lowest BCUT2D eigenvalue weighted by molar-refractivity contribution is -0.138. The molecule has 0 bridgehead atoms. The highest BCUT2D eigenvalue weighted by atomic mass is 16.5. The normalized spacial score (nSPS) is 17.5. The fraction of sp³-hybridized carbons (Fsp3) is 0.692. The van der Waals surface area contributed by atoms with E-state index in [4.69, 9.17) is 4.74 Å². The molecule has 96 valence electrons. The Morgan fingerprint density at radius 1 is 1.47 bits per heavy atom. The van der Waals surface area contributed by atoms with E-state index in [2.05, 4.69) is 4.99 Å². The second-order valence-corrected chi connectivity index (χ2v) is 4.42. The molecule has 0 aromatic heterocycles. The van der Waals surface area contributed by atoms with Gasteiger partial charge in [-0.2, -0.15) is 0 Å². The quantitative estimate of drug-likeness (QED) is 0.466. The first kappa shape index (κ1) is 13.7. The van der Waals surface area contributed by atoms with Crippen LogP contribution in [0.1, 0.15) is 40.0 Å². The molecule has 0 spiro atoms. The smallest absolute Gasteiger partial charge is 0.343 e. The lowest BCUT2D eigenvalue weighted by Crippen LogP contribution is -2.22. The summed E-state index contributed by atoms with van der Waals surface area (Å²) in [6.45, 7) is 6.48. The highest BCUT2D eigenvalue weighted by Crippen LogP contribution is 2.20. The van der Waals surface area contributed by atoms with E-state index in [-0.39, 0.29) is 17.3 Å². The number of aliphatic hydroxyl groups is 1. The maximum atomic E-state index is 11.9. The molecular formula is C13H21NO3. The van der Waals surface area contributed by atoms with Crippen LogP contribution in [0.25, 0.3) is 0 Å². The predicted molar refractivity (Wildman–Crippen MR) is 67.3 cm³/mol. The summed E-state index contributed by atoms with van der Waals surface area (Å²) in [6, 6.07) is 0. The molecular weight excluding hydrogens is 218 g/mol. The van der Waals surface area contributed by atoms with Crippen LogP contribution in [0.3, 0.4) is 0 Å². The zero-order valence-electron chi connectivity index (χ0n) is 10.8. The predicted octanol–water partition coefficient (Wildman–Crippen LogP) is 2.64. The Labute approximate surface area is 102 Å². The minimum atomic E-state index is -0.459. The van der Waals surface area contributed by atoms with Crippen molar-refractivity contribution in [3.05, 3.63) is 11.3 Å². The van der Waals surface area contributed by atoms with Crippen molar-refractivity contribution >= 4 is 11.7 Å². The van der Waals surface area contributed by atoms with Crippen molar-refractivity contribution in [3.63, 3.8) is 0 Å². The van der Waals surface area contributed by atoms with Gasteiger partial charge in [0, 0.05) is 12.5 Å². The van der Waals surface area contributed by atoms with Gasteiger partial charge in [0.25, 0.3) is 0 Å². The zero-order chi connectivity index (χ0) is 12.8. The van der Waals surface area contributed by atoms with Gasteiger partial charge in [-0.05, 0) is 26.2 Å². The van der Waals surface area contributed by atoms with Crippen LogP contribution >= 0.6 is 0 Å². The van der Waals surface area contributed by atoms with E-state index in [1.807, 2.05) is 13.8 Å². The minimum Gasteiger partial charge on any atom is -0.511 e. The highest BCUT2D eigenvalue weighted by molar-refractivity contribution is 6.20. The molecule has 4 heteroatoms. The second kappa shape index (κ2) is 6.42. The molecule has 0 radical (unpaired) electrons. The maximum Gasteiger partial charge on any atom is 0.343 e. The summed E-state index contributed by atoms with van der Waals surface area (Å²) in [4.78, 5) is 16.2. The van der Waals surface area contributed by atoms with Crippen molar-refractivity contribution in [1.29, 1.82) is 0 Å². The number of hydrogen-bond donors (Lipinski definition) is 1. The lowest BCUT2D eigenvalue weighted by atomic mass is 9.97. The summed E-state index contributed by atoms with van der Waals surface area (Å²) in [7, 11) is 0. The van der Waals surface area contributed by atoms with Gasteiger partial charge in [0.2, 0.25) is 0 Å². The molecule has 1 rings (SSSR count). The third kappa shape index (κ3) is 3.58. The van der Waals surface area contributed by atoms with Crippen molar-refractivity contribution in [2.45, 2.75) is 40.0 Å². The van der Waals surface area contributed by atoms with Crippen LogP contribution in [0.5, 0.6) is 0 Å². The minimum absolute atomic E-state index is 0.0871. The SMILES string of the molecule is CCOC(=O)/C(C1=NCCCC1)=C(/O)C(C)C. The summed E-state index contributed by atoms with van der Waals surface area (Å²) < 4.78 is 4.99. The largest absolute Gasteiger partial charge is 0.511 e. The van der Waals surface area contributed by atoms with E-state index >= 15 is 0 Å². The third-order valence-electron chi connectivity index (χ3n) is 2.70. The van der Waals surface area contributed by atoms with Crippen LogP contribution in [0.2, 0.25) is 0 Å². The Kier molecular flexibility index (Phi) is 5.19. The Hall–Kier alpha value is -1.32. The van der Waals surface area contributed by atoms with Gasteiger partial charge in [-0.1, -0.05) is 13.8 Å². The van der Waals surface area contributed by atoms with Crippen molar-refractivity contribution in [3.8, 4) is 0 Å². The number of aliphatic hydroxyl groups excluding tert-OH is 1. The van der Waals surface area contributed by atoms with Crippen LogP contribution < -0.4 is 0 Å². The topological polar surface area (TPSA) is 58.9 Å². The standard InChI is InChI=1S/C13H21NO3/c1-4-17-13(16)11(12(15)9(2)3)10-7-5-6-8-14-10/h9,15H,4-8H2,1-3H3/b12-11+. The van der Waals surface area contributed by atoms with Gasteiger partial charge in [-0.25, -0.2) is 4.79 Å². The molecule has 1 heterocycles. The van der Waals surface area contributed by atoms with Crippen molar-refractivity contribution in [1.82, 2.24) is 0 Å². The van der Waals surface area contributed by atoms with E-state index in [9.17, 15) is 9.90 Å². The van der Waals surface area contributed by atoms with Gasteiger partial charge in [-0.3, -0.25) is 4.99 Å². The van der Waals surface area contributed by atoms with Gasteiger partial charge in [-0.15, -0.1) is 0 Å².